The predicted octanol–water partition coefficient (Wildman–Crippen LogP) is 1.14. The molecule has 1 aromatic rings. The zero-order valence-corrected chi connectivity index (χ0v) is 10.8. The van der Waals surface area contributed by atoms with Crippen molar-refractivity contribution < 1.29 is 9.59 Å². The van der Waals surface area contributed by atoms with Gasteiger partial charge in [-0.3, -0.25) is 14.6 Å². The summed E-state index contributed by atoms with van der Waals surface area (Å²) in [4.78, 5) is 30.2. The summed E-state index contributed by atoms with van der Waals surface area (Å²) in [5.74, 6) is -0.212. The second-order valence-corrected chi connectivity index (χ2v) is 5.00. The number of carbonyl (C=O) groups excluding carboxylic acids is 2. The van der Waals surface area contributed by atoms with Crippen molar-refractivity contribution in [3.05, 3.63) is 41.4 Å². The van der Waals surface area contributed by atoms with E-state index in [1.807, 2.05) is 6.92 Å². The van der Waals surface area contributed by atoms with Gasteiger partial charge in [-0.1, -0.05) is 6.58 Å². The van der Waals surface area contributed by atoms with Crippen LogP contribution in [-0.4, -0.2) is 27.7 Å². The topological polar surface area (TPSA) is 62.3 Å². The fourth-order valence-corrected chi connectivity index (χ4v) is 2.71. The summed E-state index contributed by atoms with van der Waals surface area (Å²) in [7, 11) is 0. The first-order valence-corrected chi connectivity index (χ1v) is 6.32. The minimum Gasteiger partial charge on any atom is -0.329 e. The van der Waals surface area contributed by atoms with Gasteiger partial charge in [0.1, 0.15) is 6.04 Å². The van der Waals surface area contributed by atoms with E-state index < -0.39 is 6.04 Å². The van der Waals surface area contributed by atoms with E-state index in [9.17, 15) is 9.59 Å². The molecular weight excluding hydrogens is 242 g/mol. The van der Waals surface area contributed by atoms with Crippen LogP contribution in [0.1, 0.15) is 34.5 Å². The molecular formula is C14H15N3O2. The molecule has 2 amide bonds. The summed E-state index contributed by atoms with van der Waals surface area (Å²) in [6.45, 7) is 6.11. The number of hydrogen-bond acceptors (Lipinski definition) is 3. The van der Waals surface area contributed by atoms with Crippen molar-refractivity contribution in [2.75, 3.05) is 0 Å². The zero-order valence-electron chi connectivity index (χ0n) is 10.8. The second-order valence-electron chi connectivity index (χ2n) is 5.00. The molecule has 0 radical (unpaired) electrons. The number of fused-ring (bicyclic) bond motifs is 1. The molecule has 0 aliphatic carbocycles. The lowest BCUT2D eigenvalue weighted by atomic mass is 10.0. The Kier molecular flexibility index (Phi) is 2.62. The average molecular weight is 257 g/mol. The molecule has 2 aliphatic heterocycles. The van der Waals surface area contributed by atoms with E-state index in [0.29, 0.717) is 24.9 Å². The van der Waals surface area contributed by atoms with Crippen LogP contribution in [-0.2, 0) is 11.3 Å². The van der Waals surface area contributed by atoms with Crippen molar-refractivity contribution in [2.24, 2.45) is 0 Å². The molecule has 0 bridgehead atoms. The largest absolute Gasteiger partial charge is 0.329 e. The van der Waals surface area contributed by atoms with Gasteiger partial charge in [-0.05, 0) is 25.8 Å². The van der Waals surface area contributed by atoms with E-state index in [4.69, 9.17) is 0 Å². The normalized spacial score (nSPS) is 22.5. The number of aromatic nitrogens is 1. The summed E-state index contributed by atoms with van der Waals surface area (Å²) in [6.07, 6.45) is 2.99. The van der Waals surface area contributed by atoms with Crippen LogP contribution in [0.2, 0.25) is 0 Å². The highest BCUT2D eigenvalue weighted by Gasteiger charge is 2.38. The van der Waals surface area contributed by atoms with E-state index in [1.54, 1.807) is 17.2 Å². The highest BCUT2D eigenvalue weighted by molar-refractivity contribution is 6.01. The molecule has 1 aromatic heterocycles. The zero-order chi connectivity index (χ0) is 13.6. The molecule has 19 heavy (non-hydrogen) atoms. The van der Waals surface area contributed by atoms with Gasteiger partial charge in [0, 0.05) is 35.3 Å². The van der Waals surface area contributed by atoms with E-state index >= 15 is 0 Å². The lowest BCUT2D eigenvalue weighted by molar-refractivity contribution is -0.126. The highest BCUT2D eigenvalue weighted by atomic mass is 16.2. The minimum absolute atomic E-state index is 0.0758. The molecule has 5 nitrogen and oxygen atoms in total. The maximum Gasteiger partial charge on any atom is 0.255 e. The molecule has 1 fully saturated rings. The fraction of sp³-hybridized carbons (Fsp3) is 0.357. The number of piperidine rings is 1. The number of hydrogen-bond donors (Lipinski definition) is 1. The van der Waals surface area contributed by atoms with Gasteiger partial charge >= 0.3 is 0 Å². The third kappa shape index (κ3) is 1.82. The Bertz CT molecular complexity index is 594. The van der Waals surface area contributed by atoms with Gasteiger partial charge in [0.05, 0.1) is 0 Å². The molecule has 1 unspecified atom stereocenters. The fourth-order valence-electron chi connectivity index (χ4n) is 2.71. The molecule has 1 N–H and O–H groups in total. The second kappa shape index (κ2) is 4.19. The van der Waals surface area contributed by atoms with Crippen molar-refractivity contribution in [2.45, 2.75) is 32.4 Å². The van der Waals surface area contributed by atoms with Crippen LogP contribution in [0.4, 0.5) is 0 Å². The highest BCUT2D eigenvalue weighted by Crippen LogP contribution is 2.29. The molecule has 3 heterocycles. The molecule has 3 rings (SSSR count). The van der Waals surface area contributed by atoms with E-state index in [-0.39, 0.29) is 11.8 Å². The number of allylic oxidation sites excluding steroid dienone is 1. The maximum absolute atomic E-state index is 12.4. The van der Waals surface area contributed by atoms with Crippen LogP contribution in [0.5, 0.6) is 0 Å². The van der Waals surface area contributed by atoms with Crippen LogP contribution < -0.4 is 5.32 Å². The molecule has 0 saturated carbocycles. The monoisotopic (exact) mass is 257 g/mol. The number of nitrogens with zero attached hydrogens (tertiary/aromatic N) is 2. The van der Waals surface area contributed by atoms with Crippen molar-refractivity contribution in [1.82, 2.24) is 15.2 Å². The Hall–Kier alpha value is -2.17. The summed E-state index contributed by atoms with van der Waals surface area (Å²) < 4.78 is 0. The number of aryl methyl sites for hydroxylation is 1. The van der Waals surface area contributed by atoms with Crippen molar-refractivity contribution in [3.63, 3.8) is 0 Å². The third-order valence-corrected chi connectivity index (χ3v) is 3.79. The Morgan fingerprint density at radius 2 is 2.26 bits per heavy atom. The Labute approximate surface area is 111 Å². The van der Waals surface area contributed by atoms with Crippen molar-refractivity contribution in [1.29, 1.82) is 0 Å². The smallest absolute Gasteiger partial charge is 0.255 e. The number of amides is 2. The van der Waals surface area contributed by atoms with Crippen LogP contribution in [0.25, 0.3) is 0 Å². The van der Waals surface area contributed by atoms with Crippen molar-refractivity contribution >= 4 is 11.8 Å². The number of nitrogens with one attached hydrogen (secondary N) is 1. The summed E-state index contributed by atoms with van der Waals surface area (Å²) >= 11 is 0. The number of rotatable bonds is 1. The summed E-state index contributed by atoms with van der Waals surface area (Å²) in [6, 6.07) is 1.33. The van der Waals surface area contributed by atoms with Crippen LogP contribution in [0, 0.1) is 6.92 Å². The molecule has 98 valence electrons. The quantitative estimate of drug-likeness (QED) is 0.820. The molecule has 0 spiro atoms. The Morgan fingerprint density at radius 3 is 2.95 bits per heavy atom. The minimum atomic E-state index is -0.398. The van der Waals surface area contributed by atoms with Gasteiger partial charge in [-0.2, -0.15) is 0 Å². The van der Waals surface area contributed by atoms with Crippen molar-refractivity contribution in [3.8, 4) is 0 Å². The van der Waals surface area contributed by atoms with E-state index in [2.05, 4.69) is 16.9 Å². The predicted molar refractivity (Wildman–Crippen MR) is 69.2 cm³/mol. The van der Waals surface area contributed by atoms with Crippen LogP contribution in [0.3, 0.4) is 0 Å². The number of pyridine rings is 1. The molecule has 2 aliphatic rings. The van der Waals surface area contributed by atoms with Gasteiger partial charge in [-0.25, -0.2) is 0 Å². The first-order chi connectivity index (χ1) is 9.08. The first kappa shape index (κ1) is 11.9. The first-order valence-electron chi connectivity index (χ1n) is 6.32. The lowest BCUT2D eigenvalue weighted by Crippen LogP contribution is -2.49. The van der Waals surface area contributed by atoms with Gasteiger partial charge in [-0.15, -0.1) is 0 Å². The maximum atomic E-state index is 12.4. The number of carbonyl (C=O) groups is 2. The van der Waals surface area contributed by atoms with E-state index in [0.717, 1.165) is 17.0 Å². The third-order valence-electron chi connectivity index (χ3n) is 3.79. The van der Waals surface area contributed by atoms with E-state index in [1.165, 1.54) is 0 Å². The Morgan fingerprint density at radius 1 is 1.47 bits per heavy atom. The van der Waals surface area contributed by atoms with Gasteiger partial charge in [0.15, 0.2) is 0 Å². The van der Waals surface area contributed by atoms with Gasteiger partial charge in [0.25, 0.3) is 5.91 Å². The lowest BCUT2D eigenvalue weighted by Gasteiger charge is -2.30. The summed E-state index contributed by atoms with van der Waals surface area (Å²) in [5, 5.41) is 2.73. The average Bonchev–Trinajstić information content (AvgIpc) is 2.69. The van der Waals surface area contributed by atoms with Gasteiger partial charge < -0.3 is 10.2 Å². The molecule has 1 saturated heterocycles. The molecule has 0 aromatic carbocycles. The Balaban J connectivity index is 1.90. The molecule has 1 atom stereocenters. The van der Waals surface area contributed by atoms with Gasteiger partial charge in [0.2, 0.25) is 5.91 Å². The van der Waals surface area contributed by atoms with Crippen LogP contribution >= 0.6 is 0 Å². The standard InChI is InChI=1S/C14H15N3O2/c1-8-3-4-12(13(18)16-8)17-7-11-9(2)15-6-5-10(11)14(17)19/h5-6,12H,1,3-4,7H2,2H3,(H,16,18). The van der Waals surface area contributed by atoms with Crippen LogP contribution in [0.15, 0.2) is 24.5 Å². The SMILES string of the molecule is C=C1CCC(N2Cc3c(ccnc3C)C2=O)C(=O)N1. The molecule has 5 heteroatoms. The summed E-state index contributed by atoms with van der Waals surface area (Å²) in [5.41, 5.74) is 3.19.